The van der Waals surface area contributed by atoms with Crippen LogP contribution < -0.4 is 10.6 Å². The van der Waals surface area contributed by atoms with Crippen molar-refractivity contribution in [1.82, 2.24) is 5.32 Å². The monoisotopic (exact) mass is 332 g/mol. The minimum atomic E-state index is -0.185. The highest BCUT2D eigenvalue weighted by Crippen LogP contribution is 2.42. The average molecular weight is 333 g/mol. The molecule has 22 heavy (non-hydrogen) atoms. The third-order valence-corrected chi connectivity index (χ3v) is 5.93. The topological polar surface area (TPSA) is 41.1 Å². The smallest absolute Gasteiger partial charge is 0.256 e. The molecule has 1 aliphatic heterocycles. The molecular weight excluding hydrogens is 316 g/mol. The van der Waals surface area contributed by atoms with Gasteiger partial charge < -0.3 is 10.6 Å². The van der Waals surface area contributed by atoms with E-state index in [4.69, 9.17) is 11.6 Å². The van der Waals surface area contributed by atoms with E-state index in [1.54, 1.807) is 11.3 Å². The molecule has 2 atom stereocenters. The number of halogens is 1. The Bertz CT molecular complexity index is 738. The molecular formula is C17H17ClN2OS. The number of thiophene rings is 1. The van der Waals surface area contributed by atoms with Gasteiger partial charge in [-0.25, -0.2) is 0 Å². The van der Waals surface area contributed by atoms with Crippen LogP contribution in [0.1, 0.15) is 45.9 Å². The van der Waals surface area contributed by atoms with Gasteiger partial charge in [-0.15, -0.1) is 11.3 Å². The van der Waals surface area contributed by atoms with Crippen LogP contribution in [0, 0.1) is 5.92 Å². The molecule has 3 nitrogen and oxygen atoms in total. The van der Waals surface area contributed by atoms with Crippen LogP contribution in [0.15, 0.2) is 24.3 Å². The number of carbonyl (C=O) groups excluding carboxylic acids is 1. The fourth-order valence-electron chi connectivity index (χ4n) is 3.28. The second-order valence-electron chi connectivity index (χ2n) is 6.16. The fraction of sp³-hybridized carbons (Fsp3) is 0.353. The van der Waals surface area contributed by atoms with Crippen molar-refractivity contribution in [2.45, 2.75) is 32.4 Å². The lowest BCUT2D eigenvalue weighted by Crippen LogP contribution is -2.38. The molecule has 0 fully saturated rings. The fourth-order valence-corrected chi connectivity index (χ4v) is 4.85. The van der Waals surface area contributed by atoms with E-state index in [1.807, 2.05) is 24.3 Å². The summed E-state index contributed by atoms with van der Waals surface area (Å²) in [5.74, 6) is 0.753. The Kier molecular flexibility index (Phi) is 3.39. The van der Waals surface area contributed by atoms with Gasteiger partial charge in [0.2, 0.25) is 0 Å². The highest BCUT2D eigenvalue weighted by Gasteiger charge is 2.32. The molecule has 114 valence electrons. The van der Waals surface area contributed by atoms with Gasteiger partial charge >= 0.3 is 0 Å². The lowest BCUT2D eigenvalue weighted by Gasteiger charge is -2.27. The lowest BCUT2D eigenvalue weighted by molar-refractivity contribution is 0.0935. The van der Waals surface area contributed by atoms with Crippen molar-refractivity contribution < 1.29 is 4.79 Å². The highest BCUT2D eigenvalue weighted by molar-refractivity contribution is 7.16. The summed E-state index contributed by atoms with van der Waals surface area (Å²) >= 11 is 7.69. The van der Waals surface area contributed by atoms with E-state index in [-0.39, 0.29) is 12.1 Å². The van der Waals surface area contributed by atoms with Crippen molar-refractivity contribution in [3.63, 3.8) is 0 Å². The van der Waals surface area contributed by atoms with E-state index in [2.05, 4.69) is 17.6 Å². The minimum Gasteiger partial charge on any atom is -0.353 e. The zero-order valence-corrected chi connectivity index (χ0v) is 13.9. The zero-order chi connectivity index (χ0) is 15.3. The Labute approximate surface area is 138 Å². The number of anilines is 1. The first-order valence-corrected chi connectivity index (χ1v) is 8.78. The van der Waals surface area contributed by atoms with Gasteiger partial charge in [0.15, 0.2) is 0 Å². The van der Waals surface area contributed by atoms with Crippen molar-refractivity contribution in [1.29, 1.82) is 0 Å². The first-order chi connectivity index (χ1) is 10.6. The molecule has 5 heteroatoms. The van der Waals surface area contributed by atoms with Crippen LogP contribution in [-0.4, -0.2) is 5.91 Å². The van der Waals surface area contributed by atoms with Gasteiger partial charge in [0.25, 0.3) is 5.91 Å². The molecule has 0 bridgehead atoms. The molecule has 4 rings (SSSR count). The van der Waals surface area contributed by atoms with Gasteiger partial charge in [-0.05, 0) is 48.4 Å². The second-order valence-corrected chi connectivity index (χ2v) is 7.70. The van der Waals surface area contributed by atoms with Crippen molar-refractivity contribution in [3.8, 4) is 0 Å². The number of fused-ring (bicyclic) bond motifs is 3. The van der Waals surface area contributed by atoms with E-state index in [0.29, 0.717) is 10.9 Å². The summed E-state index contributed by atoms with van der Waals surface area (Å²) in [6.07, 6.45) is 3.09. The molecule has 1 aromatic carbocycles. The predicted molar refractivity (Wildman–Crippen MR) is 90.8 cm³/mol. The maximum atomic E-state index is 12.6. The van der Waals surface area contributed by atoms with Crippen LogP contribution in [0.3, 0.4) is 0 Å². The Hall–Kier alpha value is -1.52. The van der Waals surface area contributed by atoms with Gasteiger partial charge in [-0.2, -0.15) is 0 Å². The molecule has 0 unspecified atom stereocenters. The maximum Gasteiger partial charge on any atom is 0.256 e. The molecule has 0 saturated heterocycles. The summed E-state index contributed by atoms with van der Waals surface area (Å²) in [5, 5.41) is 8.27. The van der Waals surface area contributed by atoms with Crippen molar-refractivity contribution in [2.24, 2.45) is 5.92 Å². The highest BCUT2D eigenvalue weighted by atomic mass is 35.5. The van der Waals surface area contributed by atoms with E-state index in [9.17, 15) is 4.79 Å². The quantitative estimate of drug-likeness (QED) is 0.813. The Balaban J connectivity index is 1.69. The number of benzene rings is 1. The SMILES string of the molecule is C[C@H]1CCc2c(sc3c2C(=O)N[C@H](c2ccc(Cl)cc2)N3)C1. The Morgan fingerprint density at radius 3 is 2.77 bits per heavy atom. The summed E-state index contributed by atoms with van der Waals surface area (Å²) in [6, 6.07) is 7.59. The van der Waals surface area contributed by atoms with Gasteiger partial charge in [-0.1, -0.05) is 30.7 Å². The summed E-state index contributed by atoms with van der Waals surface area (Å²) in [5.41, 5.74) is 3.15. The number of hydrogen-bond acceptors (Lipinski definition) is 3. The molecule has 1 aromatic heterocycles. The van der Waals surface area contributed by atoms with Crippen LogP contribution in [-0.2, 0) is 12.8 Å². The number of rotatable bonds is 1. The minimum absolute atomic E-state index is 0.0424. The predicted octanol–water partition coefficient (Wildman–Crippen LogP) is 4.38. The molecule has 0 radical (unpaired) electrons. The number of amides is 1. The summed E-state index contributed by atoms with van der Waals surface area (Å²) in [7, 11) is 0. The van der Waals surface area contributed by atoms with Gasteiger partial charge in [0.1, 0.15) is 11.2 Å². The third-order valence-electron chi connectivity index (χ3n) is 4.49. The van der Waals surface area contributed by atoms with Crippen LogP contribution in [0.2, 0.25) is 5.02 Å². The first-order valence-electron chi connectivity index (χ1n) is 7.59. The van der Waals surface area contributed by atoms with Crippen LogP contribution in [0.5, 0.6) is 0 Å². The molecule has 2 N–H and O–H groups in total. The van der Waals surface area contributed by atoms with Crippen molar-refractivity contribution in [3.05, 3.63) is 50.9 Å². The summed E-state index contributed by atoms with van der Waals surface area (Å²) < 4.78 is 0. The van der Waals surface area contributed by atoms with E-state index in [0.717, 1.165) is 29.0 Å². The van der Waals surface area contributed by atoms with Crippen LogP contribution >= 0.6 is 22.9 Å². The van der Waals surface area contributed by atoms with E-state index < -0.39 is 0 Å². The first kappa shape index (κ1) is 14.1. The molecule has 0 saturated carbocycles. The van der Waals surface area contributed by atoms with Gasteiger partial charge in [-0.3, -0.25) is 4.79 Å². The number of nitrogens with one attached hydrogen (secondary N) is 2. The number of carbonyl (C=O) groups is 1. The molecule has 2 heterocycles. The van der Waals surface area contributed by atoms with Gasteiger partial charge in [0.05, 0.1) is 5.56 Å². The van der Waals surface area contributed by atoms with Crippen molar-refractivity contribution >= 4 is 33.8 Å². The molecule has 0 spiro atoms. The average Bonchev–Trinajstić information content (AvgIpc) is 2.85. The summed E-state index contributed by atoms with van der Waals surface area (Å²) in [4.78, 5) is 14.0. The maximum absolute atomic E-state index is 12.6. The molecule has 1 amide bonds. The Morgan fingerprint density at radius 2 is 2.00 bits per heavy atom. The summed E-state index contributed by atoms with van der Waals surface area (Å²) in [6.45, 7) is 2.28. The van der Waals surface area contributed by atoms with Crippen LogP contribution in [0.4, 0.5) is 5.00 Å². The van der Waals surface area contributed by atoms with E-state index >= 15 is 0 Å². The standard InChI is InChI=1S/C17H17ClN2OS/c1-9-2-7-12-13(8-9)22-17-14(12)16(21)19-15(20-17)10-3-5-11(18)6-4-10/h3-6,9,15,20H,2,7-8H2,1H3,(H,19,21)/t9-,15-/m0/s1. The second kappa shape index (κ2) is 5.28. The Morgan fingerprint density at radius 1 is 1.23 bits per heavy atom. The van der Waals surface area contributed by atoms with E-state index in [1.165, 1.54) is 16.9 Å². The molecule has 1 aliphatic carbocycles. The van der Waals surface area contributed by atoms with Crippen LogP contribution in [0.25, 0.3) is 0 Å². The third kappa shape index (κ3) is 2.31. The molecule has 2 aromatic rings. The zero-order valence-electron chi connectivity index (χ0n) is 12.3. The lowest BCUT2D eigenvalue weighted by atomic mass is 9.88. The van der Waals surface area contributed by atoms with Crippen molar-refractivity contribution in [2.75, 3.05) is 5.32 Å². The van der Waals surface area contributed by atoms with Gasteiger partial charge in [0, 0.05) is 9.90 Å². The number of hydrogen-bond donors (Lipinski definition) is 2. The largest absolute Gasteiger partial charge is 0.353 e. The normalized spacial score (nSPS) is 23.3. The molecule has 2 aliphatic rings.